The number of hydrogen-bond acceptors (Lipinski definition) is 4. The molecule has 1 heterocycles. The summed E-state index contributed by atoms with van der Waals surface area (Å²) in [4.78, 5) is 25.7. The van der Waals surface area contributed by atoms with Crippen molar-refractivity contribution in [1.82, 2.24) is 10.9 Å². The van der Waals surface area contributed by atoms with Gasteiger partial charge >= 0.3 is 0 Å². The molecule has 21 heavy (non-hydrogen) atoms. The number of aryl methyl sites for hydroxylation is 1. The Labute approximate surface area is 122 Å². The molecule has 0 unspecified atom stereocenters. The van der Waals surface area contributed by atoms with Crippen LogP contribution in [0.15, 0.2) is 41.0 Å². The highest BCUT2D eigenvalue weighted by Crippen LogP contribution is 2.12. The molecule has 0 radical (unpaired) electrons. The summed E-state index contributed by atoms with van der Waals surface area (Å²) >= 11 is 0. The molecule has 0 saturated carbocycles. The molecular weight excluding hydrogens is 270 g/mol. The van der Waals surface area contributed by atoms with E-state index in [0.29, 0.717) is 16.9 Å². The Bertz CT molecular complexity index is 644. The van der Waals surface area contributed by atoms with E-state index in [9.17, 15) is 9.59 Å². The summed E-state index contributed by atoms with van der Waals surface area (Å²) in [6, 6.07) is 8.59. The van der Waals surface area contributed by atoms with Gasteiger partial charge < -0.3 is 9.32 Å². The van der Waals surface area contributed by atoms with Gasteiger partial charge in [0.2, 0.25) is 0 Å². The summed E-state index contributed by atoms with van der Waals surface area (Å²) in [6.07, 6.45) is 1.42. The van der Waals surface area contributed by atoms with Crippen molar-refractivity contribution in [2.45, 2.75) is 6.92 Å². The summed E-state index contributed by atoms with van der Waals surface area (Å²) in [5, 5.41) is 0. The van der Waals surface area contributed by atoms with Crippen LogP contribution >= 0.6 is 0 Å². The fraction of sp³-hybridized carbons (Fsp3) is 0.200. The van der Waals surface area contributed by atoms with Crippen molar-refractivity contribution in [3.8, 4) is 0 Å². The molecule has 2 rings (SSSR count). The maximum atomic E-state index is 11.9. The predicted molar refractivity (Wildman–Crippen MR) is 79.1 cm³/mol. The van der Waals surface area contributed by atoms with E-state index < -0.39 is 5.91 Å². The molecule has 1 aromatic heterocycles. The third-order valence-electron chi connectivity index (χ3n) is 3.04. The van der Waals surface area contributed by atoms with Crippen molar-refractivity contribution in [2.24, 2.45) is 0 Å². The van der Waals surface area contributed by atoms with Crippen molar-refractivity contribution < 1.29 is 14.0 Å². The fourth-order valence-electron chi connectivity index (χ4n) is 1.78. The van der Waals surface area contributed by atoms with E-state index in [1.807, 2.05) is 31.1 Å². The number of nitrogens with one attached hydrogen (secondary N) is 2. The van der Waals surface area contributed by atoms with Crippen LogP contribution in [0, 0.1) is 6.92 Å². The highest BCUT2D eigenvalue weighted by atomic mass is 16.3. The lowest BCUT2D eigenvalue weighted by Crippen LogP contribution is -2.41. The standard InChI is InChI=1S/C15H17N3O3/c1-10-13(8-9-21-10)15(20)17-16-14(19)11-4-6-12(7-5-11)18(2)3/h4-9H,1-3H3,(H,16,19)(H,17,20). The molecule has 110 valence electrons. The number of furan rings is 1. The Hall–Kier alpha value is -2.76. The van der Waals surface area contributed by atoms with Crippen LogP contribution in [0.1, 0.15) is 26.5 Å². The first-order valence-corrected chi connectivity index (χ1v) is 6.41. The number of carbonyl (C=O) groups excluding carboxylic acids is 2. The van der Waals surface area contributed by atoms with E-state index in [2.05, 4.69) is 10.9 Å². The van der Waals surface area contributed by atoms with Crippen molar-refractivity contribution in [2.75, 3.05) is 19.0 Å². The highest BCUT2D eigenvalue weighted by molar-refractivity contribution is 5.99. The van der Waals surface area contributed by atoms with Gasteiger partial charge in [-0.15, -0.1) is 0 Å². The van der Waals surface area contributed by atoms with Gasteiger partial charge in [-0.05, 0) is 37.3 Å². The van der Waals surface area contributed by atoms with E-state index in [1.165, 1.54) is 6.26 Å². The van der Waals surface area contributed by atoms with Gasteiger partial charge in [0, 0.05) is 25.3 Å². The number of amides is 2. The normalized spacial score (nSPS) is 10.0. The Morgan fingerprint density at radius 2 is 1.62 bits per heavy atom. The maximum absolute atomic E-state index is 11.9. The van der Waals surface area contributed by atoms with Gasteiger partial charge in [0.1, 0.15) is 5.76 Å². The summed E-state index contributed by atoms with van der Waals surface area (Å²) in [7, 11) is 3.84. The smallest absolute Gasteiger partial charge is 0.273 e. The van der Waals surface area contributed by atoms with Crippen molar-refractivity contribution in [3.63, 3.8) is 0 Å². The average molecular weight is 287 g/mol. The summed E-state index contributed by atoms with van der Waals surface area (Å²) in [5.41, 5.74) is 6.56. The first-order valence-electron chi connectivity index (χ1n) is 6.41. The van der Waals surface area contributed by atoms with Crippen molar-refractivity contribution in [1.29, 1.82) is 0 Å². The number of rotatable bonds is 3. The molecular formula is C15H17N3O3. The second kappa shape index (κ2) is 6.13. The third-order valence-corrected chi connectivity index (χ3v) is 3.04. The molecule has 0 saturated heterocycles. The van der Waals surface area contributed by atoms with E-state index in [0.717, 1.165) is 5.69 Å². The maximum Gasteiger partial charge on any atom is 0.273 e. The lowest BCUT2D eigenvalue weighted by Gasteiger charge is -2.12. The number of nitrogens with zero attached hydrogens (tertiary/aromatic N) is 1. The Kier molecular flexibility index (Phi) is 4.27. The second-order valence-electron chi connectivity index (χ2n) is 4.74. The Balaban J connectivity index is 1.96. The minimum absolute atomic E-state index is 0.380. The van der Waals surface area contributed by atoms with Crippen LogP contribution in [0.3, 0.4) is 0 Å². The minimum atomic E-state index is -0.417. The zero-order valence-corrected chi connectivity index (χ0v) is 12.1. The molecule has 0 fully saturated rings. The molecule has 2 amide bonds. The van der Waals surface area contributed by atoms with Gasteiger partial charge in [-0.2, -0.15) is 0 Å². The molecule has 0 spiro atoms. The summed E-state index contributed by atoms with van der Waals surface area (Å²) in [6.45, 7) is 1.68. The van der Waals surface area contributed by atoms with E-state index >= 15 is 0 Å². The van der Waals surface area contributed by atoms with E-state index in [-0.39, 0.29) is 5.91 Å². The SMILES string of the molecule is Cc1occc1C(=O)NNC(=O)c1ccc(N(C)C)cc1. The lowest BCUT2D eigenvalue weighted by atomic mass is 10.2. The van der Waals surface area contributed by atoms with Crippen LogP contribution in [0.2, 0.25) is 0 Å². The first kappa shape index (κ1) is 14.6. The molecule has 6 heteroatoms. The van der Waals surface area contributed by atoms with Crippen LogP contribution in [-0.4, -0.2) is 25.9 Å². The molecule has 6 nitrogen and oxygen atoms in total. The largest absolute Gasteiger partial charge is 0.469 e. The molecule has 1 aromatic carbocycles. The fourth-order valence-corrected chi connectivity index (χ4v) is 1.78. The number of hydrogen-bond donors (Lipinski definition) is 2. The molecule has 0 atom stereocenters. The van der Waals surface area contributed by atoms with E-state index in [4.69, 9.17) is 4.42 Å². The van der Waals surface area contributed by atoms with Crippen LogP contribution < -0.4 is 15.8 Å². The average Bonchev–Trinajstić information content (AvgIpc) is 2.90. The topological polar surface area (TPSA) is 74.6 Å². The van der Waals surface area contributed by atoms with Gasteiger partial charge in [0.25, 0.3) is 11.8 Å². The predicted octanol–water partition coefficient (Wildman–Crippen LogP) is 1.73. The van der Waals surface area contributed by atoms with Gasteiger partial charge in [-0.3, -0.25) is 20.4 Å². The summed E-state index contributed by atoms with van der Waals surface area (Å²) < 4.78 is 5.03. The number of hydrazine groups is 1. The number of benzene rings is 1. The molecule has 2 aromatic rings. The highest BCUT2D eigenvalue weighted by Gasteiger charge is 2.12. The Morgan fingerprint density at radius 3 is 2.14 bits per heavy atom. The third kappa shape index (κ3) is 3.42. The number of anilines is 1. The lowest BCUT2D eigenvalue weighted by molar-refractivity contribution is 0.0845. The van der Waals surface area contributed by atoms with E-state index in [1.54, 1.807) is 25.1 Å². The summed E-state index contributed by atoms with van der Waals surface area (Å²) in [5.74, 6) is -0.300. The zero-order valence-electron chi connectivity index (χ0n) is 12.1. The monoisotopic (exact) mass is 287 g/mol. The first-order chi connectivity index (χ1) is 9.99. The quantitative estimate of drug-likeness (QED) is 0.843. The molecule has 0 aliphatic rings. The van der Waals surface area contributed by atoms with Crippen molar-refractivity contribution >= 4 is 17.5 Å². The molecule has 2 N–H and O–H groups in total. The number of carbonyl (C=O) groups is 2. The minimum Gasteiger partial charge on any atom is -0.469 e. The van der Waals surface area contributed by atoms with Crippen LogP contribution in [-0.2, 0) is 0 Å². The zero-order chi connectivity index (χ0) is 15.4. The molecule has 0 aliphatic carbocycles. The second-order valence-corrected chi connectivity index (χ2v) is 4.74. The van der Waals surface area contributed by atoms with Gasteiger partial charge in [-0.25, -0.2) is 0 Å². The Morgan fingerprint density at radius 1 is 1.00 bits per heavy atom. The molecule has 0 bridgehead atoms. The van der Waals surface area contributed by atoms with Gasteiger partial charge in [-0.1, -0.05) is 0 Å². The van der Waals surface area contributed by atoms with Gasteiger partial charge in [0.15, 0.2) is 0 Å². The molecule has 0 aliphatic heterocycles. The van der Waals surface area contributed by atoms with Gasteiger partial charge in [0.05, 0.1) is 11.8 Å². The van der Waals surface area contributed by atoms with Crippen LogP contribution in [0.25, 0.3) is 0 Å². The van der Waals surface area contributed by atoms with Crippen LogP contribution in [0.5, 0.6) is 0 Å². The van der Waals surface area contributed by atoms with Crippen LogP contribution in [0.4, 0.5) is 5.69 Å². The van der Waals surface area contributed by atoms with Crippen molar-refractivity contribution in [3.05, 3.63) is 53.5 Å².